The smallest absolute Gasteiger partial charge is 0.305 e. The first kappa shape index (κ1) is 13.9. The van der Waals surface area contributed by atoms with Crippen molar-refractivity contribution in [2.75, 3.05) is 33.0 Å². The zero-order valence-electron chi connectivity index (χ0n) is 9.16. The molecule has 0 aliphatic rings. The van der Waals surface area contributed by atoms with Gasteiger partial charge in [0.1, 0.15) is 13.2 Å². The normalized spacial score (nSPS) is 9.60. The zero-order valence-corrected chi connectivity index (χ0v) is 9.16. The van der Waals surface area contributed by atoms with E-state index in [1.54, 1.807) is 0 Å². The summed E-state index contributed by atoms with van der Waals surface area (Å²) in [6.45, 7) is 3.86. The van der Waals surface area contributed by atoms with E-state index >= 15 is 0 Å². The molecule has 0 aromatic heterocycles. The van der Waals surface area contributed by atoms with E-state index in [4.69, 9.17) is 20.6 Å². The molecule has 0 heterocycles. The van der Waals surface area contributed by atoms with Crippen LogP contribution in [0.5, 0.6) is 0 Å². The summed E-state index contributed by atoms with van der Waals surface area (Å²) in [6.07, 6.45) is 6.25. The molecular formula is C11H18O4. The van der Waals surface area contributed by atoms with Gasteiger partial charge in [-0.1, -0.05) is 12.8 Å². The molecule has 0 N–H and O–H groups in total. The van der Waals surface area contributed by atoms with Crippen LogP contribution in [-0.4, -0.2) is 39.0 Å². The van der Waals surface area contributed by atoms with Gasteiger partial charge in [0, 0.05) is 6.42 Å². The van der Waals surface area contributed by atoms with Crippen LogP contribution in [0.25, 0.3) is 0 Å². The molecular weight excluding hydrogens is 196 g/mol. The van der Waals surface area contributed by atoms with E-state index in [2.05, 4.69) is 5.92 Å². The van der Waals surface area contributed by atoms with Gasteiger partial charge in [-0.15, -0.1) is 6.42 Å². The Labute approximate surface area is 90.9 Å². The van der Waals surface area contributed by atoms with Gasteiger partial charge in [-0.25, -0.2) is 0 Å². The standard InChI is InChI=1S/C11H18O4/c1-3-5-11(12)15-10-9-14-8-7-13-6-4-2/h2H,3,5-10H2,1H3. The van der Waals surface area contributed by atoms with Gasteiger partial charge in [0.15, 0.2) is 0 Å². The highest BCUT2D eigenvalue weighted by Crippen LogP contribution is 1.90. The first-order chi connectivity index (χ1) is 7.31. The van der Waals surface area contributed by atoms with Crippen molar-refractivity contribution in [2.45, 2.75) is 19.8 Å². The van der Waals surface area contributed by atoms with Gasteiger partial charge in [0.25, 0.3) is 0 Å². The van der Waals surface area contributed by atoms with Gasteiger partial charge in [-0.3, -0.25) is 4.79 Å². The molecule has 0 bridgehead atoms. The van der Waals surface area contributed by atoms with Crippen molar-refractivity contribution >= 4 is 5.97 Å². The van der Waals surface area contributed by atoms with E-state index in [-0.39, 0.29) is 5.97 Å². The Morgan fingerprint density at radius 1 is 1.20 bits per heavy atom. The molecule has 0 radical (unpaired) electrons. The minimum atomic E-state index is -0.176. The molecule has 0 saturated heterocycles. The largest absolute Gasteiger partial charge is 0.463 e. The molecule has 4 heteroatoms. The molecule has 0 amide bonds. The van der Waals surface area contributed by atoms with Crippen LogP contribution >= 0.6 is 0 Å². The maximum atomic E-state index is 10.9. The van der Waals surface area contributed by atoms with Crippen molar-refractivity contribution in [3.63, 3.8) is 0 Å². The number of ether oxygens (including phenoxy) is 3. The maximum absolute atomic E-state index is 10.9. The van der Waals surface area contributed by atoms with Crippen molar-refractivity contribution < 1.29 is 19.0 Å². The number of esters is 1. The number of terminal acetylenes is 1. The number of hydrogen-bond donors (Lipinski definition) is 0. The Balaban J connectivity index is 3.05. The second-order valence-electron chi connectivity index (χ2n) is 2.84. The lowest BCUT2D eigenvalue weighted by Crippen LogP contribution is -2.12. The summed E-state index contributed by atoms with van der Waals surface area (Å²) in [6, 6.07) is 0. The average Bonchev–Trinajstić information content (AvgIpc) is 2.22. The maximum Gasteiger partial charge on any atom is 0.305 e. The molecule has 0 unspecified atom stereocenters. The lowest BCUT2D eigenvalue weighted by Gasteiger charge is -2.05. The van der Waals surface area contributed by atoms with E-state index < -0.39 is 0 Å². The van der Waals surface area contributed by atoms with Gasteiger partial charge >= 0.3 is 5.97 Å². The summed E-state index contributed by atoms with van der Waals surface area (Å²) < 4.78 is 15.0. The molecule has 0 saturated carbocycles. The Kier molecular flexibility index (Phi) is 10.3. The average molecular weight is 214 g/mol. The summed E-state index contributed by atoms with van der Waals surface area (Å²) in [5, 5.41) is 0. The lowest BCUT2D eigenvalue weighted by molar-refractivity contribution is -0.145. The van der Waals surface area contributed by atoms with Crippen LogP contribution in [0.2, 0.25) is 0 Å². The quantitative estimate of drug-likeness (QED) is 0.326. The monoisotopic (exact) mass is 214 g/mol. The molecule has 0 aromatic rings. The number of hydrogen-bond acceptors (Lipinski definition) is 4. The Morgan fingerprint density at radius 2 is 1.87 bits per heavy atom. The lowest BCUT2D eigenvalue weighted by atomic mass is 10.3. The van der Waals surface area contributed by atoms with Crippen LogP contribution in [0.3, 0.4) is 0 Å². The summed E-state index contributed by atoms with van der Waals surface area (Å²) in [5.41, 5.74) is 0. The second-order valence-corrected chi connectivity index (χ2v) is 2.84. The molecule has 0 fully saturated rings. The molecule has 4 nitrogen and oxygen atoms in total. The predicted molar refractivity (Wildman–Crippen MR) is 56.3 cm³/mol. The zero-order chi connectivity index (χ0) is 11.4. The highest BCUT2D eigenvalue weighted by molar-refractivity contribution is 5.69. The Bertz CT molecular complexity index is 195. The number of carbonyl (C=O) groups excluding carboxylic acids is 1. The second kappa shape index (κ2) is 11.0. The van der Waals surface area contributed by atoms with Gasteiger partial charge < -0.3 is 14.2 Å². The molecule has 86 valence electrons. The molecule has 0 rings (SSSR count). The summed E-state index contributed by atoms with van der Waals surface area (Å²) in [4.78, 5) is 10.9. The van der Waals surface area contributed by atoms with Crippen molar-refractivity contribution in [1.82, 2.24) is 0 Å². The van der Waals surface area contributed by atoms with Crippen LogP contribution in [0.15, 0.2) is 0 Å². The fourth-order valence-corrected chi connectivity index (χ4v) is 0.842. The molecule has 0 atom stereocenters. The summed E-state index contributed by atoms with van der Waals surface area (Å²) in [7, 11) is 0. The van der Waals surface area contributed by atoms with Crippen molar-refractivity contribution in [2.24, 2.45) is 0 Å². The summed E-state index contributed by atoms with van der Waals surface area (Å²) in [5.74, 6) is 2.18. The molecule has 15 heavy (non-hydrogen) atoms. The van der Waals surface area contributed by atoms with Gasteiger partial charge in [0.05, 0.1) is 19.8 Å². The van der Waals surface area contributed by atoms with E-state index in [1.807, 2.05) is 6.92 Å². The first-order valence-electron chi connectivity index (χ1n) is 5.05. The third-order valence-corrected chi connectivity index (χ3v) is 1.50. The van der Waals surface area contributed by atoms with Gasteiger partial charge in [0.2, 0.25) is 0 Å². The first-order valence-corrected chi connectivity index (χ1v) is 5.05. The third kappa shape index (κ3) is 10.9. The number of rotatable bonds is 9. The van der Waals surface area contributed by atoms with E-state index in [0.29, 0.717) is 39.5 Å². The fourth-order valence-electron chi connectivity index (χ4n) is 0.842. The predicted octanol–water partition coefficient (Wildman–Crippen LogP) is 0.996. The van der Waals surface area contributed by atoms with Crippen molar-refractivity contribution in [1.29, 1.82) is 0 Å². The van der Waals surface area contributed by atoms with Gasteiger partial charge in [-0.05, 0) is 6.42 Å². The molecule has 0 aliphatic carbocycles. The minimum Gasteiger partial charge on any atom is -0.463 e. The molecule has 0 aromatic carbocycles. The SMILES string of the molecule is C#CCOCCOCCOC(=O)CCC. The van der Waals surface area contributed by atoms with E-state index in [1.165, 1.54) is 0 Å². The van der Waals surface area contributed by atoms with E-state index in [9.17, 15) is 4.79 Å². The summed E-state index contributed by atoms with van der Waals surface area (Å²) >= 11 is 0. The van der Waals surface area contributed by atoms with Gasteiger partial charge in [-0.2, -0.15) is 0 Å². The van der Waals surface area contributed by atoms with Crippen LogP contribution < -0.4 is 0 Å². The van der Waals surface area contributed by atoms with Crippen LogP contribution in [0, 0.1) is 12.3 Å². The Morgan fingerprint density at radius 3 is 2.53 bits per heavy atom. The third-order valence-electron chi connectivity index (χ3n) is 1.50. The van der Waals surface area contributed by atoms with Crippen LogP contribution in [0.4, 0.5) is 0 Å². The van der Waals surface area contributed by atoms with Crippen molar-refractivity contribution in [3.05, 3.63) is 0 Å². The minimum absolute atomic E-state index is 0.176. The highest BCUT2D eigenvalue weighted by atomic mass is 16.6. The van der Waals surface area contributed by atoms with Crippen molar-refractivity contribution in [3.8, 4) is 12.3 Å². The van der Waals surface area contributed by atoms with Crippen LogP contribution in [0.1, 0.15) is 19.8 Å². The molecule has 0 spiro atoms. The number of carbonyl (C=O) groups is 1. The topological polar surface area (TPSA) is 44.8 Å². The highest BCUT2D eigenvalue weighted by Gasteiger charge is 1.99. The molecule has 0 aliphatic heterocycles. The van der Waals surface area contributed by atoms with E-state index in [0.717, 1.165) is 6.42 Å². The fraction of sp³-hybridized carbons (Fsp3) is 0.727. The van der Waals surface area contributed by atoms with Crippen LogP contribution in [-0.2, 0) is 19.0 Å². The Hall–Kier alpha value is -1.05.